The number of para-hydroxylation sites is 1. The van der Waals surface area contributed by atoms with Crippen LogP contribution in [0.15, 0.2) is 40.8 Å². The molecule has 0 spiro atoms. The molecule has 138 valence electrons. The van der Waals surface area contributed by atoms with Crippen molar-refractivity contribution in [3.63, 3.8) is 0 Å². The number of hydrogen-bond donors (Lipinski definition) is 1. The van der Waals surface area contributed by atoms with Gasteiger partial charge in [-0.15, -0.1) is 13.2 Å². The first-order valence-electron chi connectivity index (χ1n) is 8.38. The Hall–Kier alpha value is -2.70. The highest BCUT2D eigenvalue weighted by Crippen LogP contribution is 2.36. The van der Waals surface area contributed by atoms with E-state index in [0.29, 0.717) is 11.6 Å². The number of aromatic nitrogens is 2. The van der Waals surface area contributed by atoms with Gasteiger partial charge in [0.1, 0.15) is 11.5 Å². The molecule has 0 atom stereocenters. The minimum Gasteiger partial charge on any atom is -0.453 e. The number of halogens is 3. The zero-order chi connectivity index (χ0) is 18.7. The van der Waals surface area contributed by atoms with E-state index in [-0.39, 0.29) is 17.1 Å². The zero-order valence-corrected chi connectivity index (χ0v) is 14.5. The summed E-state index contributed by atoms with van der Waals surface area (Å²) < 4.78 is 47.6. The molecule has 3 aromatic rings. The average molecular weight is 364 g/mol. The van der Waals surface area contributed by atoms with Gasteiger partial charge in [-0.3, -0.25) is 0 Å². The predicted molar refractivity (Wildman–Crippen MR) is 91.8 cm³/mol. The molecule has 7 heteroatoms. The van der Waals surface area contributed by atoms with Crippen LogP contribution in [0.25, 0.3) is 22.9 Å². The molecule has 26 heavy (non-hydrogen) atoms. The van der Waals surface area contributed by atoms with Gasteiger partial charge < -0.3 is 14.1 Å². The Balaban J connectivity index is 1.89. The Morgan fingerprint density at radius 1 is 1.12 bits per heavy atom. The van der Waals surface area contributed by atoms with Gasteiger partial charge in [-0.1, -0.05) is 25.5 Å². The first-order valence-corrected chi connectivity index (χ1v) is 8.38. The molecule has 0 aliphatic carbocycles. The first kappa shape index (κ1) is 18.1. The topological polar surface area (TPSA) is 51.0 Å². The number of unbranched alkanes of at least 4 members (excludes halogenated alkanes) is 1. The number of rotatable bonds is 6. The fourth-order valence-electron chi connectivity index (χ4n) is 2.70. The third-order valence-corrected chi connectivity index (χ3v) is 3.98. The Bertz CT molecular complexity index is 881. The second-order valence-electron chi connectivity index (χ2n) is 5.96. The molecule has 1 N–H and O–H groups in total. The number of imidazole rings is 1. The summed E-state index contributed by atoms with van der Waals surface area (Å²) in [7, 11) is 0. The maximum atomic E-state index is 12.6. The minimum atomic E-state index is -4.77. The molecule has 0 bridgehead atoms. The van der Waals surface area contributed by atoms with Gasteiger partial charge in [0.25, 0.3) is 0 Å². The van der Waals surface area contributed by atoms with Gasteiger partial charge in [-0.25, -0.2) is 4.98 Å². The van der Waals surface area contributed by atoms with Crippen molar-refractivity contribution in [2.45, 2.75) is 39.5 Å². The monoisotopic (exact) mass is 364 g/mol. The number of H-pyrrole nitrogens is 1. The van der Waals surface area contributed by atoms with Gasteiger partial charge in [-0.2, -0.15) is 0 Å². The van der Waals surface area contributed by atoms with Gasteiger partial charge in [0, 0.05) is 5.69 Å². The maximum Gasteiger partial charge on any atom is 0.573 e. The lowest BCUT2D eigenvalue weighted by Gasteiger charge is -2.11. The number of aryl methyl sites for hydroxylation is 2. The zero-order valence-electron chi connectivity index (χ0n) is 14.5. The molecule has 3 rings (SSSR count). The van der Waals surface area contributed by atoms with Crippen LogP contribution in [0.3, 0.4) is 0 Å². The molecule has 0 aliphatic rings. The van der Waals surface area contributed by atoms with Gasteiger partial charge >= 0.3 is 6.36 Å². The van der Waals surface area contributed by atoms with E-state index in [1.807, 2.05) is 6.92 Å². The van der Waals surface area contributed by atoms with Gasteiger partial charge in [0.05, 0.1) is 11.3 Å². The molecule has 0 radical (unpaired) electrons. The highest BCUT2D eigenvalue weighted by atomic mass is 19.4. The summed E-state index contributed by atoms with van der Waals surface area (Å²) in [6.07, 6.45) is -1.74. The van der Waals surface area contributed by atoms with Crippen LogP contribution in [-0.4, -0.2) is 16.3 Å². The van der Waals surface area contributed by atoms with Gasteiger partial charge in [-0.05, 0) is 44.0 Å². The van der Waals surface area contributed by atoms with Crippen molar-refractivity contribution in [1.29, 1.82) is 0 Å². The van der Waals surface area contributed by atoms with Crippen molar-refractivity contribution in [3.05, 3.63) is 47.8 Å². The van der Waals surface area contributed by atoms with Crippen molar-refractivity contribution in [2.24, 2.45) is 0 Å². The number of aromatic amines is 1. The normalized spacial score (nSPS) is 11.7. The lowest BCUT2D eigenvalue weighted by Crippen LogP contribution is -2.17. The summed E-state index contributed by atoms with van der Waals surface area (Å²) in [5.74, 6) is 1.01. The summed E-state index contributed by atoms with van der Waals surface area (Å²) in [5, 5.41) is 0. The molecule has 0 amide bonds. The third kappa shape index (κ3) is 4.09. The van der Waals surface area contributed by atoms with E-state index in [1.165, 1.54) is 18.2 Å². The van der Waals surface area contributed by atoms with Crippen LogP contribution in [0.1, 0.15) is 31.2 Å². The average Bonchev–Trinajstić information content (AvgIpc) is 3.19. The van der Waals surface area contributed by atoms with E-state index >= 15 is 0 Å². The van der Waals surface area contributed by atoms with Gasteiger partial charge in [0.15, 0.2) is 11.6 Å². The fraction of sp³-hybridized carbons (Fsp3) is 0.316. The summed E-state index contributed by atoms with van der Waals surface area (Å²) in [6.45, 7) is 4.03. The Kier molecular flexibility index (Phi) is 5.06. The van der Waals surface area contributed by atoms with E-state index in [4.69, 9.17) is 4.42 Å². The van der Waals surface area contributed by atoms with Crippen molar-refractivity contribution in [2.75, 3.05) is 0 Å². The number of hydrogen-bond acceptors (Lipinski definition) is 3. The van der Waals surface area contributed by atoms with Crippen LogP contribution < -0.4 is 4.74 Å². The van der Waals surface area contributed by atoms with Crippen LogP contribution in [0, 0.1) is 6.92 Å². The summed E-state index contributed by atoms with van der Waals surface area (Å²) in [4.78, 5) is 7.70. The smallest absolute Gasteiger partial charge is 0.453 e. The van der Waals surface area contributed by atoms with Crippen LogP contribution >= 0.6 is 0 Å². The van der Waals surface area contributed by atoms with Crippen molar-refractivity contribution in [3.8, 4) is 28.7 Å². The van der Waals surface area contributed by atoms with E-state index in [1.54, 1.807) is 18.2 Å². The molecular weight excluding hydrogens is 345 g/mol. The largest absolute Gasteiger partial charge is 0.573 e. The Morgan fingerprint density at radius 2 is 1.85 bits per heavy atom. The third-order valence-electron chi connectivity index (χ3n) is 3.98. The molecule has 2 heterocycles. The number of furan rings is 1. The van der Waals surface area contributed by atoms with Crippen LogP contribution in [0.4, 0.5) is 13.2 Å². The standard InChI is InChI=1S/C19H19F3N2O2/c1-3-4-8-14-12(2)23-18(24-14)17-11-10-15(25-17)13-7-5-6-9-16(13)26-19(20,21)22/h5-7,9-11H,3-4,8H2,1-2H3,(H,23,24). The summed E-state index contributed by atoms with van der Waals surface area (Å²) >= 11 is 0. The highest BCUT2D eigenvalue weighted by Gasteiger charge is 2.32. The van der Waals surface area contributed by atoms with E-state index in [9.17, 15) is 13.2 Å². The van der Waals surface area contributed by atoms with E-state index < -0.39 is 6.36 Å². The van der Waals surface area contributed by atoms with Crippen LogP contribution in [0.2, 0.25) is 0 Å². The van der Waals surface area contributed by atoms with Crippen molar-refractivity contribution in [1.82, 2.24) is 9.97 Å². The Labute approximate surface area is 149 Å². The molecule has 0 unspecified atom stereocenters. The van der Waals surface area contributed by atoms with Crippen molar-refractivity contribution >= 4 is 0 Å². The molecule has 1 aromatic carbocycles. The lowest BCUT2D eigenvalue weighted by molar-refractivity contribution is -0.274. The fourth-order valence-corrected chi connectivity index (χ4v) is 2.70. The molecule has 0 aliphatic heterocycles. The Morgan fingerprint density at radius 3 is 2.58 bits per heavy atom. The number of benzene rings is 1. The molecule has 0 saturated carbocycles. The quantitative estimate of drug-likeness (QED) is 0.594. The SMILES string of the molecule is CCCCc1[nH]c(-c2ccc(-c3ccccc3OC(F)(F)F)o2)nc1C. The predicted octanol–water partition coefficient (Wildman–Crippen LogP) is 5.89. The second kappa shape index (κ2) is 7.27. The molecule has 0 saturated heterocycles. The number of nitrogens with one attached hydrogen (secondary N) is 1. The second-order valence-corrected chi connectivity index (χ2v) is 5.96. The molecule has 4 nitrogen and oxygen atoms in total. The van der Waals surface area contributed by atoms with Crippen LogP contribution in [-0.2, 0) is 6.42 Å². The maximum absolute atomic E-state index is 12.6. The van der Waals surface area contributed by atoms with Gasteiger partial charge in [0.2, 0.25) is 0 Å². The summed E-state index contributed by atoms with van der Waals surface area (Å²) in [6, 6.07) is 9.17. The highest BCUT2D eigenvalue weighted by molar-refractivity contribution is 5.68. The summed E-state index contributed by atoms with van der Waals surface area (Å²) in [5.41, 5.74) is 2.17. The number of ether oxygens (including phenoxy) is 1. The lowest BCUT2D eigenvalue weighted by atomic mass is 10.1. The number of nitrogens with zero attached hydrogens (tertiary/aromatic N) is 1. The minimum absolute atomic E-state index is 0.227. The van der Waals surface area contributed by atoms with Crippen molar-refractivity contribution < 1.29 is 22.3 Å². The van der Waals surface area contributed by atoms with E-state index in [2.05, 4.69) is 21.6 Å². The number of alkyl halides is 3. The molecular formula is C19H19F3N2O2. The first-order chi connectivity index (χ1) is 12.4. The van der Waals surface area contributed by atoms with E-state index in [0.717, 1.165) is 30.7 Å². The van der Waals surface area contributed by atoms with Crippen LogP contribution in [0.5, 0.6) is 5.75 Å². The molecule has 0 fully saturated rings. The molecule has 2 aromatic heterocycles.